The second kappa shape index (κ2) is 4.56. The van der Waals surface area contributed by atoms with Gasteiger partial charge in [-0.2, -0.15) is 5.10 Å². The Labute approximate surface area is 86.3 Å². The number of nitrogens with zero attached hydrogens (tertiary/aromatic N) is 2. The molecule has 0 N–H and O–H groups in total. The van der Waals surface area contributed by atoms with E-state index in [1.165, 1.54) is 0 Å². The predicted octanol–water partition coefficient (Wildman–Crippen LogP) is 2.27. The number of aldehydes is 1. The van der Waals surface area contributed by atoms with Crippen LogP contribution in [-0.2, 0) is 11.8 Å². The second-order valence-corrected chi connectivity index (χ2v) is 3.86. The van der Waals surface area contributed by atoms with Crippen LogP contribution in [-0.4, -0.2) is 16.1 Å². The van der Waals surface area contributed by atoms with Gasteiger partial charge in [-0.05, 0) is 22.4 Å². The Morgan fingerprint density at radius 2 is 2.46 bits per heavy atom. The molecule has 0 saturated carbocycles. The summed E-state index contributed by atoms with van der Waals surface area (Å²) in [4.78, 5) is 10.4. The maximum absolute atomic E-state index is 10.4. The van der Waals surface area contributed by atoms with Crippen molar-refractivity contribution in [1.29, 1.82) is 0 Å². The van der Waals surface area contributed by atoms with Crippen LogP contribution >= 0.6 is 15.9 Å². The largest absolute Gasteiger partial charge is 0.303 e. The van der Waals surface area contributed by atoms with Crippen molar-refractivity contribution < 1.29 is 4.79 Å². The predicted molar refractivity (Wildman–Crippen MR) is 54.6 cm³/mol. The number of rotatable bonds is 4. The maximum Gasteiger partial charge on any atom is 0.120 e. The van der Waals surface area contributed by atoms with Crippen molar-refractivity contribution >= 4 is 22.2 Å². The lowest BCUT2D eigenvalue weighted by Crippen LogP contribution is -2.06. The summed E-state index contributed by atoms with van der Waals surface area (Å²) < 4.78 is 2.81. The topological polar surface area (TPSA) is 34.9 Å². The molecule has 4 heteroatoms. The summed E-state index contributed by atoms with van der Waals surface area (Å²) >= 11 is 3.43. The average Bonchev–Trinajstić information content (AvgIpc) is 2.43. The zero-order chi connectivity index (χ0) is 9.84. The minimum absolute atomic E-state index is 0.277. The minimum Gasteiger partial charge on any atom is -0.303 e. The molecule has 0 aliphatic heterocycles. The molecule has 3 nitrogen and oxygen atoms in total. The molecule has 0 fully saturated rings. The van der Waals surface area contributed by atoms with E-state index in [0.29, 0.717) is 6.42 Å². The average molecular weight is 245 g/mol. The second-order valence-electron chi connectivity index (χ2n) is 3.01. The molecular formula is C9H13BrN2O. The Morgan fingerprint density at radius 3 is 2.85 bits per heavy atom. The third-order valence-electron chi connectivity index (χ3n) is 2.20. The third-order valence-corrected chi connectivity index (χ3v) is 2.81. The Morgan fingerprint density at radius 1 is 1.77 bits per heavy atom. The number of carbonyl (C=O) groups excluding carboxylic acids is 1. The fraction of sp³-hybridized carbons (Fsp3) is 0.556. The van der Waals surface area contributed by atoms with Crippen LogP contribution < -0.4 is 0 Å². The van der Waals surface area contributed by atoms with E-state index in [-0.39, 0.29) is 5.92 Å². The molecular weight excluding hydrogens is 232 g/mol. The highest BCUT2D eigenvalue weighted by molar-refractivity contribution is 9.10. The SMILES string of the molecule is CCC(CC=O)c1c(Br)cnn1C. The number of halogens is 1. The van der Waals surface area contributed by atoms with Crippen LogP contribution in [0.25, 0.3) is 0 Å². The van der Waals surface area contributed by atoms with Gasteiger partial charge in [0.05, 0.1) is 16.4 Å². The lowest BCUT2D eigenvalue weighted by Gasteiger charge is -2.12. The van der Waals surface area contributed by atoms with Crippen molar-refractivity contribution in [2.24, 2.45) is 7.05 Å². The van der Waals surface area contributed by atoms with Crippen molar-refractivity contribution in [2.75, 3.05) is 0 Å². The zero-order valence-electron chi connectivity index (χ0n) is 7.83. The summed E-state index contributed by atoms with van der Waals surface area (Å²) in [5.74, 6) is 0.277. The van der Waals surface area contributed by atoms with Crippen LogP contribution in [0.3, 0.4) is 0 Å². The number of carbonyl (C=O) groups is 1. The van der Waals surface area contributed by atoms with Crippen LogP contribution in [0.2, 0.25) is 0 Å². The molecule has 0 radical (unpaired) electrons. The molecule has 1 heterocycles. The van der Waals surface area contributed by atoms with Crippen molar-refractivity contribution in [3.63, 3.8) is 0 Å². The first kappa shape index (κ1) is 10.4. The van der Waals surface area contributed by atoms with Gasteiger partial charge in [0.25, 0.3) is 0 Å². The number of hydrogen-bond acceptors (Lipinski definition) is 2. The summed E-state index contributed by atoms with van der Waals surface area (Å²) in [6.07, 6.45) is 4.25. The molecule has 0 aliphatic rings. The van der Waals surface area contributed by atoms with Crippen molar-refractivity contribution in [3.05, 3.63) is 16.4 Å². The van der Waals surface area contributed by atoms with Gasteiger partial charge in [-0.1, -0.05) is 6.92 Å². The molecule has 0 aromatic carbocycles. The highest BCUT2D eigenvalue weighted by atomic mass is 79.9. The lowest BCUT2D eigenvalue weighted by molar-refractivity contribution is -0.108. The van der Waals surface area contributed by atoms with Crippen LogP contribution in [0.15, 0.2) is 10.7 Å². The van der Waals surface area contributed by atoms with Gasteiger partial charge in [-0.15, -0.1) is 0 Å². The Hall–Kier alpha value is -0.640. The summed E-state index contributed by atoms with van der Waals surface area (Å²) in [6.45, 7) is 2.08. The normalized spacial score (nSPS) is 12.8. The molecule has 0 amide bonds. The van der Waals surface area contributed by atoms with Gasteiger partial charge in [-0.25, -0.2) is 0 Å². The monoisotopic (exact) mass is 244 g/mol. The van der Waals surface area contributed by atoms with E-state index in [2.05, 4.69) is 28.0 Å². The summed E-state index contributed by atoms with van der Waals surface area (Å²) in [7, 11) is 1.90. The molecule has 0 spiro atoms. The van der Waals surface area contributed by atoms with Gasteiger partial charge < -0.3 is 4.79 Å². The maximum atomic E-state index is 10.4. The fourth-order valence-electron chi connectivity index (χ4n) is 1.47. The van der Waals surface area contributed by atoms with Gasteiger partial charge >= 0.3 is 0 Å². The van der Waals surface area contributed by atoms with Gasteiger partial charge in [0.1, 0.15) is 6.29 Å². The first-order valence-electron chi connectivity index (χ1n) is 4.31. The summed E-state index contributed by atoms with van der Waals surface area (Å²) in [5, 5.41) is 4.12. The number of hydrogen-bond donors (Lipinski definition) is 0. The number of aromatic nitrogens is 2. The lowest BCUT2D eigenvalue weighted by atomic mass is 9.99. The van der Waals surface area contributed by atoms with Gasteiger partial charge in [-0.3, -0.25) is 4.68 Å². The van der Waals surface area contributed by atoms with E-state index < -0.39 is 0 Å². The molecule has 1 aromatic rings. The van der Waals surface area contributed by atoms with E-state index >= 15 is 0 Å². The number of aryl methyl sites for hydroxylation is 1. The van der Waals surface area contributed by atoms with E-state index in [9.17, 15) is 4.79 Å². The molecule has 1 unspecified atom stereocenters. The van der Waals surface area contributed by atoms with Crippen LogP contribution in [0.1, 0.15) is 31.4 Å². The first-order valence-corrected chi connectivity index (χ1v) is 5.11. The van der Waals surface area contributed by atoms with E-state index in [4.69, 9.17) is 0 Å². The summed E-state index contributed by atoms with van der Waals surface area (Å²) in [6, 6.07) is 0. The van der Waals surface area contributed by atoms with E-state index in [1.807, 2.05) is 11.7 Å². The fourth-order valence-corrected chi connectivity index (χ4v) is 2.14. The van der Waals surface area contributed by atoms with Crippen LogP contribution in [0, 0.1) is 0 Å². The van der Waals surface area contributed by atoms with Gasteiger partial charge in [0.2, 0.25) is 0 Å². The molecule has 1 atom stereocenters. The highest BCUT2D eigenvalue weighted by Gasteiger charge is 2.16. The molecule has 1 rings (SSSR count). The van der Waals surface area contributed by atoms with Crippen LogP contribution in [0.4, 0.5) is 0 Å². The standard InChI is InChI=1S/C9H13BrN2O/c1-3-7(4-5-13)9-8(10)6-11-12(9)2/h5-7H,3-4H2,1-2H3. The molecule has 0 aliphatic carbocycles. The van der Waals surface area contributed by atoms with Crippen molar-refractivity contribution in [2.45, 2.75) is 25.7 Å². The quantitative estimate of drug-likeness (QED) is 0.762. The van der Waals surface area contributed by atoms with Gasteiger partial charge in [0.15, 0.2) is 0 Å². The minimum atomic E-state index is 0.277. The Balaban J connectivity index is 2.95. The highest BCUT2D eigenvalue weighted by Crippen LogP contribution is 2.28. The molecule has 72 valence electrons. The van der Waals surface area contributed by atoms with Gasteiger partial charge in [0, 0.05) is 19.4 Å². The third kappa shape index (κ3) is 2.18. The molecule has 1 aromatic heterocycles. The first-order chi connectivity index (χ1) is 6.20. The Kier molecular flexibility index (Phi) is 3.66. The smallest absolute Gasteiger partial charge is 0.120 e. The molecule has 13 heavy (non-hydrogen) atoms. The summed E-state index contributed by atoms with van der Waals surface area (Å²) in [5.41, 5.74) is 1.11. The molecule has 0 saturated heterocycles. The van der Waals surface area contributed by atoms with Crippen LogP contribution in [0.5, 0.6) is 0 Å². The van der Waals surface area contributed by atoms with Crippen molar-refractivity contribution in [1.82, 2.24) is 9.78 Å². The molecule has 0 bridgehead atoms. The Bertz CT molecular complexity index is 276. The van der Waals surface area contributed by atoms with E-state index in [0.717, 1.165) is 22.9 Å². The zero-order valence-corrected chi connectivity index (χ0v) is 9.41. The van der Waals surface area contributed by atoms with Crippen molar-refractivity contribution in [3.8, 4) is 0 Å². The van der Waals surface area contributed by atoms with E-state index in [1.54, 1.807) is 6.20 Å².